The van der Waals surface area contributed by atoms with E-state index in [-0.39, 0.29) is 17.5 Å². The summed E-state index contributed by atoms with van der Waals surface area (Å²) in [7, 11) is 0. The third-order valence-electron chi connectivity index (χ3n) is 5.47. The van der Waals surface area contributed by atoms with Gasteiger partial charge < -0.3 is 5.32 Å². The predicted molar refractivity (Wildman–Crippen MR) is 101 cm³/mol. The molecule has 0 fully saturated rings. The molecule has 0 unspecified atom stereocenters. The number of hydrogen-bond acceptors (Lipinski definition) is 3. The van der Waals surface area contributed by atoms with Crippen molar-refractivity contribution in [2.75, 3.05) is 0 Å². The number of carbonyl (C=O) groups is 2. The number of allylic oxidation sites excluding steroid dienone is 3. The summed E-state index contributed by atoms with van der Waals surface area (Å²) in [4.78, 5) is 26.0. The smallest absolute Gasteiger partial charge is 0.192 e. The van der Waals surface area contributed by atoms with Crippen LogP contribution in [-0.4, -0.2) is 11.6 Å². The van der Waals surface area contributed by atoms with Crippen LogP contribution in [0.1, 0.15) is 46.7 Å². The zero-order chi connectivity index (χ0) is 17.8. The van der Waals surface area contributed by atoms with Gasteiger partial charge >= 0.3 is 0 Å². The molecule has 0 saturated carbocycles. The average molecular weight is 362 g/mol. The maximum absolute atomic E-state index is 13.2. The molecule has 3 aliphatic rings. The van der Waals surface area contributed by atoms with Gasteiger partial charge in [0.1, 0.15) is 0 Å². The van der Waals surface area contributed by atoms with Crippen molar-refractivity contribution >= 4 is 28.9 Å². The average Bonchev–Trinajstić information content (AvgIpc) is 2.94. The van der Waals surface area contributed by atoms with Gasteiger partial charge in [-0.25, -0.2) is 0 Å². The van der Waals surface area contributed by atoms with Crippen LogP contribution in [0.25, 0.3) is 5.70 Å². The van der Waals surface area contributed by atoms with E-state index in [0.29, 0.717) is 22.6 Å². The lowest BCUT2D eigenvalue weighted by Gasteiger charge is -2.33. The largest absolute Gasteiger partial charge is 0.358 e. The van der Waals surface area contributed by atoms with Crippen molar-refractivity contribution in [2.24, 2.45) is 0 Å². The molecule has 2 aromatic carbocycles. The van der Waals surface area contributed by atoms with Gasteiger partial charge in [0.2, 0.25) is 0 Å². The molecule has 3 nitrogen and oxygen atoms in total. The number of halogens is 1. The van der Waals surface area contributed by atoms with Crippen molar-refractivity contribution in [3.63, 3.8) is 0 Å². The Hall–Kier alpha value is -2.65. The van der Waals surface area contributed by atoms with Gasteiger partial charge in [0.05, 0.1) is 5.70 Å². The molecule has 1 aliphatic heterocycles. The van der Waals surface area contributed by atoms with Gasteiger partial charge in [-0.05, 0) is 30.5 Å². The SMILES string of the molecule is O=C1CCCC2=C1[C@H](c1ccc(Cl)cc1)C1=C(N2)c2ccccc2C1=O. The lowest BCUT2D eigenvalue weighted by molar-refractivity contribution is -0.116. The second kappa shape index (κ2) is 5.68. The number of ketones is 2. The molecule has 1 atom stereocenters. The van der Waals surface area contributed by atoms with Crippen LogP contribution in [0.15, 0.2) is 65.4 Å². The summed E-state index contributed by atoms with van der Waals surface area (Å²) in [6, 6.07) is 15.1. The summed E-state index contributed by atoms with van der Waals surface area (Å²) in [5.74, 6) is -0.187. The first-order valence-electron chi connectivity index (χ1n) is 8.82. The summed E-state index contributed by atoms with van der Waals surface area (Å²) >= 11 is 6.06. The normalized spacial score (nSPS) is 21.3. The van der Waals surface area contributed by atoms with Crippen LogP contribution in [0.4, 0.5) is 0 Å². The lowest BCUT2D eigenvalue weighted by atomic mass is 9.75. The van der Waals surface area contributed by atoms with E-state index >= 15 is 0 Å². The van der Waals surface area contributed by atoms with Crippen molar-refractivity contribution in [1.29, 1.82) is 0 Å². The highest BCUT2D eigenvalue weighted by Gasteiger charge is 2.43. The maximum Gasteiger partial charge on any atom is 0.192 e. The van der Waals surface area contributed by atoms with Crippen LogP contribution < -0.4 is 5.32 Å². The Morgan fingerprint density at radius 3 is 2.38 bits per heavy atom. The number of dihydropyridines is 1. The van der Waals surface area contributed by atoms with E-state index < -0.39 is 0 Å². The minimum Gasteiger partial charge on any atom is -0.358 e. The molecule has 1 heterocycles. The maximum atomic E-state index is 13.2. The van der Waals surface area contributed by atoms with Gasteiger partial charge in [0.25, 0.3) is 0 Å². The van der Waals surface area contributed by atoms with Gasteiger partial charge in [0.15, 0.2) is 11.6 Å². The highest BCUT2D eigenvalue weighted by molar-refractivity contribution is 6.30. The predicted octanol–water partition coefficient (Wildman–Crippen LogP) is 4.64. The summed E-state index contributed by atoms with van der Waals surface area (Å²) in [6.45, 7) is 0. The number of fused-ring (bicyclic) bond motifs is 2. The molecule has 5 rings (SSSR count). The fraction of sp³-hybridized carbons (Fsp3) is 0.182. The van der Waals surface area contributed by atoms with Crippen LogP contribution in [0.3, 0.4) is 0 Å². The molecule has 2 aromatic rings. The van der Waals surface area contributed by atoms with Crippen LogP contribution >= 0.6 is 11.6 Å². The van der Waals surface area contributed by atoms with Gasteiger partial charge in [-0.1, -0.05) is 48.0 Å². The van der Waals surface area contributed by atoms with Crippen molar-refractivity contribution in [3.8, 4) is 0 Å². The van der Waals surface area contributed by atoms with Crippen LogP contribution in [0, 0.1) is 0 Å². The minimum atomic E-state index is -0.328. The Labute approximate surface area is 156 Å². The second-order valence-corrected chi connectivity index (χ2v) is 7.38. The second-order valence-electron chi connectivity index (χ2n) is 6.94. The van der Waals surface area contributed by atoms with E-state index in [4.69, 9.17) is 11.6 Å². The number of nitrogens with one attached hydrogen (secondary N) is 1. The Kier molecular flexibility index (Phi) is 3.41. The number of hydrogen-bond donors (Lipinski definition) is 1. The number of rotatable bonds is 1. The number of carbonyl (C=O) groups excluding carboxylic acids is 2. The molecule has 2 aliphatic carbocycles. The summed E-state index contributed by atoms with van der Waals surface area (Å²) in [5.41, 5.74) is 5.82. The third kappa shape index (κ3) is 2.14. The first-order chi connectivity index (χ1) is 12.6. The standard InChI is InChI=1S/C22H16ClNO2/c23-13-10-8-12(9-11-13)18-19-16(6-3-7-17(19)25)24-21-14-4-1-2-5-15(14)22(26)20(18)21/h1-2,4-5,8-11,18,24H,3,6-7H2/t18-/m0/s1. The molecular weight excluding hydrogens is 346 g/mol. The van der Waals surface area contributed by atoms with Crippen molar-refractivity contribution in [1.82, 2.24) is 5.32 Å². The zero-order valence-electron chi connectivity index (χ0n) is 14.0. The quantitative estimate of drug-likeness (QED) is 0.804. The number of Topliss-reactive ketones (excluding diaryl/α,β-unsaturated/α-hetero) is 2. The molecule has 0 radical (unpaired) electrons. The first kappa shape index (κ1) is 15.6. The zero-order valence-corrected chi connectivity index (χ0v) is 14.8. The van der Waals surface area contributed by atoms with Gasteiger partial charge in [-0.15, -0.1) is 0 Å². The third-order valence-corrected chi connectivity index (χ3v) is 5.72. The van der Waals surface area contributed by atoms with Crippen molar-refractivity contribution in [2.45, 2.75) is 25.2 Å². The lowest BCUT2D eigenvalue weighted by Crippen LogP contribution is -2.31. The minimum absolute atomic E-state index is 0.00738. The first-order valence-corrected chi connectivity index (χ1v) is 9.20. The Balaban J connectivity index is 1.75. The fourth-order valence-electron chi connectivity index (χ4n) is 4.33. The topological polar surface area (TPSA) is 46.2 Å². The highest BCUT2D eigenvalue weighted by Crippen LogP contribution is 2.48. The van der Waals surface area contributed by atoms with Gasteiger partial charge in [-0.2, -0.15) is 0 Å². The summed E-state index contributed by atoms with van der Waals surface area (Å²) < 4.78 is 0. The molecule has 0 spiro atoms. The molecule has 1 N–H and O–H groups in total. The Bertz CT molecular complexity index is 1030. The van der Waals surface area contributed by atoms with E-state index in [1.807, 2.05) is 48.5 Å². The van der Waals surface area contributed by atoms with Crippen molar-refractivity contribution < 1.29 is 9.59 Å². The molecule has 4 heteroatoms. The highest BCUT2D eigenvalue weighted by atomic mass is 35.5. The van der Waals surface area contributed by atoms with Gasteiger partial charge in [0, 0.05) is 45.3 Å². The van der Waals surface area contributed by atoms with E-state index in [0.717, 1.165) is 40.9 Å². The monoisotopic (exact) mass is 361 g/mol. The van der Waals surface area contributed by atoms with E-state index in [9.17, 15) is 9.59 Å². The van der Waals surface area contributed by atoms with E-state index in [2.05, 4.69) is 5.32 Å². The molecular formula is C22H16ClNO2. The van der Waals surface area contributed by atoms with E-state index in [1.165, 1.54) is 0 Å². The molecule has 0 amide bonds. The summed E-state index contributed by atoms with van der Waals surface area (Å²) in [5, 5.41) is 4.08. The van der Waals surface area contributed by atoms with Crippen LogP contribution in [-0.2, 0) is 4.79 Å². The van der Waals surface area contributed by atoms with Gasteiger partial charge in [-0.3, -0.25) is 9.59 Å². The fourth-order valence-corrected chi connectivity index (χ4v) is 4.45. The molecule has 0 saturated heterocycles. The Morgan fingerprint density at radius 1 is 0.885 bits per heavy atom. The van der Waals surface area contributed by atoms with Crippen LogP contribution in [0.2, 0.25) is 5.02 Å². The van der Waals surface area contributed by atoms with Crippen LogP contribution in [0.5, 0.6) is 0 Å². The number of benzene rings is 2. The molecule has 0 bridgehead atoms. The molecule has 0 aromatic heterocycles. The molecule has 128 valence electrons. The van der Waals surface area contributed by atoms with E-state index in [1.54, 1.807) is 0 Å². The Morgan fingerprint density at radius 2 is 1.62 bits per heavy atom. The van der Waals surface area contributed by atoms with Crippen molar-refractivity contribution in [3.05, 3.63) is 87.1 Å². The molecule has 26 heavy (non-hydrogen) atoms. The summed E-state index contributed by atoms with van der Waals surface area (Å²) in [6.07, 6.45) is 2.21.